The molecular formula is C29H50O2. The van der Waals surface area contributed by atoms with Crippen LogP contribution in [0.4, 0.5) is 0 Å². The molecule has 0 aliphatic rings. The summed E-state index contributed by atoms with van der Waals surface area (Å²) < 4.78 is 5.40. The molecule has 178 valence electrons. The zero-order valence-corrected chi connectivity index (χ0v) is 20.9. The molecule has 0 saturated carbocycles. The summed E-state index contributed by atoms with van der Waals surface area (Å²) in [6.07, 6.45) is 21.6. The molecular weight excluding hydrogens is 380 g/mol. The lowest BCUT2D eigenvalue weighted by molar-refractivity contribution is -0.143. The van der Waals surface area contributed by atoms with Crippen molar-refractivity contribution in [2.45, 2.75) is 136 Å². The monoisotopic (exact) mass is 430 g/mol. The van der Waals surface area contributed by atoms with Crippen molar-refractivity contribution in [3.63, 3.8) is 0 Å². The molecule has 1 rings (SSSR count). The number of unbranched alkanes of at least 4 members (excludes halogenated alkanes) is 14. The summed E-state index contributed by atoms with van der Waals surface area (Å²) in [6, 6.07) is 8.66. The van der Waals surface area contributed by atoms with E-state index in [4.69, 9.17) is 4.74 Å². The molecule has 0 N–H and O–H groups in total. The van der Waals surface area contributed by atoms with E-state index >= 15 is 0 Å². The third kappa shape index (κ3) is 16.0. The summed E-state index contributed by atoms with van der Waals surface area (Å²) >= 11 is 0. The van der Waals surface area contributed by atoms with Gasteiger partial charge < -0.3 is 4.74 Å². The Morgan fingerprint density at radius 2 is 1.16 bits per heavy atom. The minimum atomic E-state index is -0.0338. The maximum atomic E-state index is 11.9. The molecule has 1 aromatic rings. The maximum Gasteiger partial charge on any atom is 0.305 e. The number of benzene rings is 1. The van der Waals surface area contributed by atoms with Gasteiger partial charge in [-0.3, -0.25) is 4.79 Å². The first kappa shape index (κ1) is 27.7. The molecule has 31 heavy (non-hydrogen) atoms. The summed E-state index contributed by atoms with van der Waals surface area (Å²) in [7, 11) is 0. The lowest BCUT2D eigenvalue weighted by Gasteiger charge is -2.08. The molecule has 0 bridgehead atoms. The van der Waals surface area contributed by atoms with Gasteiger partial charge in [0.1, 0.15) is 0 Å². The lowest BCUT2D eigenvalue weighted by atomic mass is 10.0. The van der Waals surface area contributed by atoms with Crippen molar-refractivity contribution in [1.82, 2.24) is 0 Å². The van der Waals surface area contributed by atoms with Crippen LogP contribution in [0.5, 0.6) is 0 Å². The molecule has 0 heterocycles. The van der Waals surface area contributed by atoms with Crippen LogP contribution in [-0.2, 0) is 16.0 Å². The zero-order valence-electron chi connectivity index (χ0n) is 20.9. The highest BCUT2D eigenvalue weighted by molar-refractivity contribution is 5.69. The van der Waals surface area contributed by atoms with E-state index < -0.39 is 0 Å². The summed E-state index contributed by atoms with van der Waals surface area (Å²) in [5, 5.41) is 0. The van der Waals surface area contributed by atoms with Gasteiger partial charge in [0.05, 0.1) is 6.61 Å². The van der Waals surface area contributed by atoms with E-state index in [0.717, 1.165) is 19.3 Å². The molecule has 0 fully saturated rings. The van der Waals surface area contributed by atoms with E-state index in [-0.39, 0.29) is 5.97 Å². The third-order valence-corrected chi connectivity index (χ3v) is 6.28. The first-order chi connectivity index (χ1) is 15.1. The van der Waals surface area contributed by atoms with Crippen LogP contribution < -0.4 is 0 Å². The normalized spacial score (nSPS) is 11.2. The van der Waals surface area contributed by atoms with E-state index in [2.05, 4.69) is 45.0 Å². The molecule has 1 aromatic carbocycles. The lowest BCUT2D eigenvalue weighted by Crippen LogP contribution is -2.07. The van der Waals surface area contributed by atoms with Crippen molar-refractivity contribution in [2.24, 2.45) is 0 Å². The predicted octanol–water partition coefficient (Wildman–Crippen LogP) is 9.16. The highest BCUT2D eigenvalue weighted by Gasteiger charge is 2.04. The summed E-state index contributed by atoms with van der Waals surface area (Å²) in [5.41, 5.74) is 2.60. The Kier molecular flexibility index (Phi) is 17.3. The molecule has 0 aromatic heterocycles. The first-order valence-electron chi connectivity index (χ1n) is 13.4. The second-order valence-corrected chi connectivity index (χ2v) is 9.57. The smallest absolute Gasteiger partial charge is 0.305 e. The highest BCUT2D eigenvalue weighted by Crippen LogP contribution is 2.16. The number of carbonyl (C=O) groups excluding carboxylic acids is 1. The molecule has 0 aliphatic carbocycles. The van der Waals surface area contributed by atoms with Gasteiger partial charge >= 0.3 is 5.97 Å². The predicted molar refractivity (Wildman–Crippen MR) is 135 cm³/mol. The van der Waals surface area contributed by atoms with Gasteiger partial charge in [0.2, 0.25) is 0 Å². The van der Waals surface area contributed by atoms with Gasteiger partial charge in [-0.15, -0.1) is 0 Å². The van der Waals surface area contributed by atoms with Crippen molar-refractivity contribution in [3.05, 3.63) is 35.4 Å². The quantitative estimate of drug-likeness (QED) is 0.152. The number of hydrogen-bond acceptors (Lipinski definition) is 2. The van der Waals surface area contributed by atoms with Crippen LogP contribution in [0.3, 0.4) is 0 Å². The van der Waals surface area contributed by atoms with Crippen molar-refractivity contribution in [1.29, 1.82) is 0 Å². The van der Waals surface area contributed by atoms with Crippen molar-refractivity contribution < 1.29 is 9.53 Å². The molecule has 0 amide bonds. The average molecular weight is 431 g/mol. The topological polar surface area (TPSA) is 26.3 Å². The maximum absolute atomic E-state index is 11.9. The molecule has 0 radical (unpaired) electrons. The fraction of sp³-hybridized carbons (Fsp3) is 0.759. The SMILES string of the molecule is CCCCCCCCCCCCCCCCCC(=O)OCCc1ccc(C(C)C)cc1. The fourth-order valence-corrected chi connectivity index (χ4v) is 4.06. The van der Waals surface area contributed by atoms with Crippen LogP contribution >= 0.6 is 0 Å². The van der Waals surface area contributed by atoms with Gasteiger partial charge in [-0.2, -0.15) is 0 Å². The van der Waals surface area contributed by atoms with Crippen molar-refractivity contribution in [2.75, 3.05) is 6.61 Å². The van der Waals surface area contributed by atoms with Gasteiger partial charge in [0, 0.05) is 12.8 Å². The van der Waals surface area contributed by atoms with Crippen LogP contribution in [-0.4, -0.2) is 12.6 Å². The molecule has 0 spiro atoms. The Bertz CT molecular complexity index is 532. The number of rotatable bonds is 20. The number of hydrogen-bond donors (Lipinski definition) is 0. The summed E-state index contributed by atoms with van der Waals surface area (Å²) in [4.78, 5) is 11.9. The number of carbonyl (C=O) groups is 1. The van der Waals surface area contributed by atoms with Crippen LogP contribution in [0.1, 0.15) is 141 Å². The largest absolute Gasteiger partial charge is 0.465 e. The summed E-state index contributed by atoms with van der Waals surface area (Å²) in [6.45, 7) is 7.19. The average Bonchev–Trinajstić information content (AvgIpc) is 2.76. The number of esters is 1. The van der Waals surface area contributed by atoms with Gasteiger partial charge in [0.15, 0.2) is 0 Å². The molecule has 0 saturated heterocycles. The highest BCUT2D eigenvalue weighted by atomic mass is 16.5. The Morgan fingerprint density at radius 3 is 1.61 bits per heavy atom. The zero-order chi connectivity index (χ0) is 22.6. The summed E-state index contributed by atoms with van der Waals surface area (Å²) in [5.74, 6) is 0.523. The van der Waals surface area contributed by atoms with Crippen LogP contribution in [0.25, 0.3) is 0 Å². The fourth-order valence-electron chi connectivity index (χ4n) is 4.06. The second kappa shape index (κ2) is 19.4. The van der Waals surface area contributed by atoms with E-state index in [9.17, 15) is 4.79 Å². The van der Waals surface area contributed by atoms with Gasteiger partial charge in [-0.05, 0) is 23.5 Å². The molecule has 2 heteroatoms. The van der Waals surface area contributed by atoms with E-state index in [1.54, 1.807) is 0 Å². The number of ether oxygens (including phenoxy) is 1. The molecule has 0 atom stereocenters. The van der Waals surface area contributed by atoms with Crippen LogP contribution in [0, 0.1) is 0 Å². The third-order valence-electron chi connectivity index (χ3n) is 6.28. The van der Waals surface area contributed by atoms with Gasteiger partial charge in [-0.1, -0.05) is 135 Å². The van der Waals surface area contributed by atoms with Crippen LogP contribution in [0.2, 0.25) is 0 Å². The Hall–Kier alpha value is -1.31. The standard InChI is InChI=1S/C29H50O2/c1-4-5-6-7-8-9-10-11-12-13-14-15-16-17-18-19-29(30)31-25-24-27-20-22-28(23-21-27)26(2)3/h20-23,26H,4-19,24-25H2,1-3H3. The van der Waals surface area contributed by atoms with Gasteiger partial charge in [0.25, 0.3) is 0 Å². The molecule has 0 aliphatic heterocycles. The van der Waals surface area contributed by atoms with Gasteiger partial charge in [-0.25, -0.2) is 0 Å². The van der Waals surface area contributed by atoms with E-state index in [1.807, 2.05) is 0 Å². The Morgan fingerprint density at radius 1 is 0.710 bits per heavy atom. The van der Waals surface area contributed by atoms with Crippen molar-refractivity contribution in [3.8, 4) is 0 Å². The second-order valence-electron chi connectivity index (χ2n) is 9.57. The first-order valence-corrected chi connectivity index (χ1v) is 13.4. The van der Waals surface area contributed by atoms with Crippen molar-refractivity contribution >= 4 is 5.97 Å². The Labute approximate surface area is 193 Å². The Balaban J connectivity index is 1.84. The van der Waals surface area contributed by atoms with Crippen LogP contribution in [0.15, 0.2) is 24.3 Å². The van der Waals surface area contributed by atoms with E-state index in [0.29, 0.717) is 18.9 Å². The molecule has 2 nitrogen and oxygen atoms in total. The minimum Gasteiger partial charge on any atom is -0.465 e. The molecule has 0 unspecified atom stereocenters. The minimum absolute atomic E-state index is 0.0338. The van der Waals surface area contributed by atoms with E-state index in [1.165, 1.54) is 94.6 Å².